The zero-order chi connectivity index (χ0) is 27.8. The molecular formula is C33H47NO5. The Morgan fingerprint density at radius 1 is 1.03 bits per heavy atom. The molecule has 4 saturated carbocycles. The van der Waals surface area contributed by atoms with Crippen LogP contribution >= 0.6 is 0 Å². The molecule has 1 aromatic carbocycles. The Morgan fingerprint density at radius 3 is 2.51 bits per heavy atom. The van der Waals surface area contributed by atoms with Crippen LogP contribution < -0.4 is 5.32 Å². The molecule has 5 rings (SSSR count). The van der Waals surface area contributed by atoms with Gasteiger partial charge in [0.25, 0.3) is 0 Å². The standard InChI is InChI=1S/C33H47NO5/c1-32-18-16-28-26(13-9-23-20-25(36)15-17-33(23,28)2)27(32)14-10-22(32)5-4-6-30(37)34-29(31(38)39-3)19-21-7-11-24(35)12-8-21/h7-8,11-12,22-23,26-29,35H,4-6,9-10,13-20H2,1-3H3,(H,34,37). The minimum atomic E-state index is -0.734. The fourth-order valence-corrected chi connectivity index (χ4v) is 9.61. The highest BCUT2D eigenvalue weighted by Gasteiger charge is 2.59. The second-order valence-corrected chi connectivity index (χ2v) is 13.6. The molecule has 0 saturated heterocycles. The number of phenolic OH excluding ortho intramolecular Hbond substituents is 1. The maximum atomic E-state index is 12.9. The number of esters is 1. The fourth-order valence-electron chi connectivity index (χ4n) is 9.61. The van der Waals surface area contributed by atoms with Gasteiger partial charge in [-0.2, -0.15) is 0 Å². The van der Waals surface area contributed by atoms with Crippen LogP contribution in [0.2, 0.25) is 0 Å². The summed E-state index contributed by atoms with van der Waals surface area (Å²) in [6.07, 6.45) is 13.0. The van der Waals surface area contributed by atoms with Crippen LogP contribution in [-0.4, -0.2) is 35.9 Å². The molecule has 0 aromatic heterocycles. The second kappa shape index (κ2) is 11.2. The van der Waals surface area contributed by atoms with E-state index in [4.69, 9.17) is 4.74 Å². The van der Waals surface area contributed by atoms with E-state index in [0.717, 1.165) is 55.4 Å². The Hall–Kier alpha value is -2.37. The van der Waals surface area contributed by atoms with Crippen molar-refractivity contribution in [2.24, 2.45) is 40.4 Å². The summed E-state index contributed by atoms with van der Waals surface area (Å²) in [7, 11) is 1.34. The van der Waals surface area contributed by atoms with Crippen molar-refractivity contribution in [3.63, 3.8) is 0 Å². The molecule has 1 amide bonds. The van der Waals surface area contributed by atoms with Gasteiger partial charge in [0.2, 0.25) is 5.91 Å². The number of carbonyl (C=O) groups excluding carboxylic acids is 3. The van der Waals surface area contributed by atoms with E-state index in [0.29, 0.717) is 41.3 Å². The van der Waals surface area contributed by atoms with Crippen LogP contribution in [-0.2, 0) is 25.5 Å². The number of fused-ring (bicyclic) bond motifs is 5. The molecule has 0 bridgehead atoms. The first-order valence-electron chi connectivity index (χ1n) is 15.3. The second-order valence-electron chi connectivity index (χ2n) is 13.6. The van der Waals surface area contributed by atoms with Crippen molar-refractivity contribution in [3.8, 4) is 5.75 Å². The summed E-state index contributed by atoms with van der Waals surface area (Å²) in [6.45, 7) is 5.05. The van der Waals surface area contributed by atoms with Gasteiger partial charge in [-0.1, -0.05) is 26.0 Å². The van der Waals surface area contributed by atoms with Gasteiger partial charge in [-0.05, 0) is 116 Å². The summed E-state index contributed by atoms with van der Waals surface area (Å²) >= 11 is 0. The van der Waals surface area contributed by atoms with E-state index in [-0.39, 0.29) is 11.7 Å². The van der Waals surface area contributed by atoms with Crippen LogP contribution in [0, 0.1) is 40.4 Å². The third-order valence-electron chi connectivity index (χ3n) is 11.8. The maximum Gasteiger partial charge on any atom is 0.328 e. The van der Waals surface area contributed by atoms with Gasteiger partial charge in [0.05, 0.1) is 7.11 Å². The average Bonchev–Trinajstić information content (AvgIpc) is 3.25. The Bertz CT molecular complexity index is 1070. The van der Waals surface area contributed by atoms with Crippen molar-refractivity contribution >= 4 is 17.7 Å². The topological polar surface area (TPSA) is 92.7 Å². The zero-order valence-corrected chi connectivity index (χ0v) is 24.0. The monoisotopic (exact) mass is 537 g/mol. The minimum Gasteiger partial charge on any atom is -0.508 e. The maximum absolute atomic E-state index is 12.9. The highest BCUT2D eigenvalue weighted by atomic mass is 16.5. The van der Waals surface area contributed by atoms with Gasteiger partial charge in [-0.15, -0.1) is 0 Å². The van der Waals surface area contributed by atoms with Crippen molar-refractivity contribution in [1.82, 2.24) is 5.32 Å². The van der Waals surface area contributed by atoms with E-state index in [2.05, 4.69) is 19.2 Å². The molecule has 214 valence electrons. The number of carbonyl (C=O) groups is 3. The summed E-state index contributed by atoms with van der Waals surface area (Å²) in [5.41, 5.74) is 1.57. The number of Topliss-reactive ketones (excluding diaryl/α,β-unsaturated/α-hetero) is 1. The highest BCUT2D eigenvalue weighted by Crippen LogP contribution is 2.67. The number of amides is 1. The van der Waals surface area contributed by atoms with E-state index in [1.54, 1.807) is 24.3 Å². The lowest BCUT2D eigenvalue weighted by atomic mass is 9.44. The number of benzene rings is 1. The number of methoxy groups -OCH3 is 1. The van der Waals surface area contributed by atoms with Crippen molar-refractivity contribution in [1.29, 1.82) is 0 Å². The van der Waals surface area contributed by atoms with Crippen LogP contribution in [0.15, 0.2) is 24.3 Å². The van der Waals surface area contributed by atoms with Gasteiger partial charge in [-0.25, -0.2) is 4.79 Å². The van der Waals surface area contributed by atoms with Crippen LogP contribution in [0.4, 0.5) is 0 Å². The Balaban J connectivity index is 1.15. The quantitative estimate of drug-likeness (QED) is 0.397. The highest BCUT2D eigenvalue weighted by molar-refractivity contribution is 5.84. The predicted molar refractivity (Wildman–Crippen MR) is 150 cm³/mol. The van der Waals surface area contributed by atoms with Crippen LogP contribution in [0.3, 0.4) is 0 Å². The molecule has 1 aromatic rings. The molecule has 8 unspecified atom stereocenters. The summed E-state index contributed by atoms with van der Waals surface area (Å²) in [5, 5.41) is 12.4. The van der Waals surface area contributed by atoms with E-state index >= 15 is 0 Å². The normalized spacial score (nSPS) is 36.3. The smallest absolute Gasteiger partial charge is 0.328 e. The molecule has 4 aliphatic carbocycles. The first-order chi connectivity index (χ1) is 18.6. The molecule has 4 aliphatic rings. The molecule has 0 heterocycles. The fraction of sp³-hybridized carbons (Fsp3) is 0.727. The van der Waals surface area contributed by atoms with E-state index in [9.17, 15) is 19.5 Å². The van der Waals surface area contributed by atoms with Crippen molar-refractivity contribution in [2.45, 2.75) is 103 Å². The van der Waals surface area contributed by atoms with Crippen molar-refractivity contribution < 1.29 is 24.2 Å². The van der Waals surface area contributed by atoms with Gasteiger partial charge in [0, 0.05) is 25.7 Å². The first-order valence-corrected chi connectivity index (χ1v) is 15.3. The first kappa shape index (κ1) is 28.2. The SMILES string of the molecule is COC(=O)C(Cc1ccc(O)cc1)NC(=O)CCCC1CCC2C3CCC4CC(=O)CCC4(C)C3CCC12C. The molecule has 0 radical (unpaired) electrons. The van der Waals surface area contributed by atoms with Gasteiger partial charge in [0.15, 0.2) is 0 Å². The van der Waals surface area contributed by atoms with Crippen LogP contribution in [0.1, 0.15) is 96.5 Å². The van der Waals surface area contributed by atoms with Gasteiger partial charge in [0.1, 0.15) is 17.6 Å². The Labute approximate surface area is 233 Å². The summed E-state index contributed by atoms with van der Waals surface area (Å²) in [5.74, 6) is 3.70. The number of rotatable bonds is 8. The van der Waals surface area contributed by atoms with Gasteiger partial charge < -0.3 is 15.2 Å². The molecular weight excluding hydrogens is 490 g/mol. The zero-order valence-electron chi connectivity index (χ0n) is 24.0. The molecule has 6 nitrogen and oxygen atoms in total. The minimum absolute atomic E-state index is 0.106. The number of hydrogen-bond donors (Lipinski definition) is 2. The molecule has 8 atom stereocenters. The summed E-state index contributed by atoms with van der Waals surface area (Å²) in [6, 6.07) is 5.93. The van der Waals surface area contributed by atoms with Gasteiger partial charge in [-0.3, -0.25) is 9.59 Å². The third-order valence-corrected chi connectivity index (χ3v) is 11.8. The molecule has 0 spiro atoms. The predicted octanol–water partition coefficient (Wildman–Crippen LogP) is 5.99. The lowest BCUT2D eigenvalue weighted by molar-refractivity contribution is -0.145. The molecule has 6 heteroatoms. The molecule has 2 N–H and O–H groups in total. The average molecular weight is 538 g/mol. The lowest BCUT2D eigenvalue weighted by Gasteiger charge is -2.60. The van der Waals surface area contributed by atoms with Crippen LogP contribution in [0.5, 0.6) is 5.75 Å². The van der Waals surface area contributed by atoms with Gasteiger partial charge >= 0.3 is 5.97 Å². The van der Waals surface area contributed by atoms with E-state index in [1.165, 1.54) is 45.6 Å². The van der Waals surface area contributed by atoms with Crippen molar-refractivity contribution in [3.05, 3.63) is 29.8 Å². The summed E-state index contributed by atoms with van der Waals surface area (Å²) < 4.78 is 4.94. The number of ketones is 1. The number of ether oxygens (including phenoxy) is 1. The third kappa shape index (κ3) is 5.50. The number of phenols is 1. The molecule has 0 aliphatic heterocycles. The number of aromatic hydroxyl groups is 1. The van der Waals surface area contributed by atoms with E-state index < -0.39 is 12.0 Å². The largest absolute Gasteiger partial charge is 0.508 e. The lowest BCUT2D eigenvalue weighted by Crippen LogP contribution is -2.53. The number of hydrogen-bond acceptors (Lipinski definition) is 5. The summed E-state index contributed by atoms with van der Waals surface area (Å²) in [4.78, 5) is 37.4. The van der Waals surface area contributed by atoms with Crippen LogP contribution in [0.25, 0.3) is 0 Å². The Kier molecular flexibility index (Phi) is 8.13. The van der Waals surface area contributed by atoms with Crippen molar-refractivity contribution in [2.75, 3.05) is 7.11 Å². The molecule has 39 heavy (non-hydrogen) atoms. The number of nitrogens with one attached hydrogen (secondary N) is 1. The Morgan fingerprint density at radius 2 is 1.77 bits per heavy atom. The van der Waals surface area contributed by atoms with E-state index in [1.807, 2.05) is 0 Å². The molecule has 4 fully saturated rings.